The molecule has 1 unspecified atom stereocenters. The van der Waals surface area contributed by atoms with E-state index in [1.807, 2.05) is 26.0 Å². The van der Waals surface area contributed by atoms with Crippen LogP contribution >= 0.6 is 11.3 Å². The van der Waals surface area contributed by atoms with E-state index in [1.165, 1.54) is 16.7 Å². The third-order valence-corrected chi connectivity index (χ3v) is 4.51. The van der Waals surface area contributed by atoms with Gasteiger partial charge in [0, 0.05) is 11.3 Å². The number of aromatic nitrogens is 1. The van der Waals surface area contributed by atoms with Gasteiger partial charge in [-0.25, -0.2) is 4.98 Å². The highest BCUT2D eigenvalue weighted by Crippen LogP contribution is 2.31. The minimum absolute atomic E-state index is 0.0127. The second-order valence-corrected chi connectivity index (χ2v) is 5.98. The molecule has 0 aliphatic carbocycles. The molecule has 0 saturated carbocycles. The van der Waals surface area contributed by atoms with E-state index >= 15 is 0 Å². The number of fused-ring (bicyclic) bond motifs is 3. The quantitative estimate of drug-likeness (QED) is 0.773. The lowest BCUT2D eigenvalue weighted by molar-refractivity contribution is -0.119. The molecule has 1 heterocycles. The van der Waals surface area contributed by atoms with Gasteiger partial charge in [0.1, 0.15) is 0 Å². The van der Waals surface area contributed by atoms with E-state index < -0.39 is 0 Å². The fourth-order valence-corrected chi connectivity index (χ4v) is 3.01. The summed E-state index contributed by atoms with van der Waals surface area (Å²) in [6.45, 7) is 3.94. The molecule has 0 spiro atoms. The number of thiazole rings is 1. The monoisotopic (exact) mass is 284 g/mol. The molecule has 0 aliphatic heterocycles. The first-order chi connectivity index (χ1) is 9.69. The number of hydrogen-bond donors (Lipinski definition) is 1. The van der Waals surface area contributed by atoms with E-state index in [0.717, 1.165) is 22.0 Å². The summed E-state index contributed by atoms with van der Waals surface area (Å²) in [7, 11) is 0. The molecule has 0 bridgehead atoms. The average molecular weight is 284 g/mol. The van der Waals surface area contributed by atoms with Crippen molar-refractivity contribution in [1.29, 1.82) is 0 Å². The van der Waals surface area contributed by atoms with Gasteiger partial charge in [-0.05, 0) is 17.9 Å². The Hall–Kier alpha value is -1.94. The van der Waals surface area contributed by atoms with Crippen LogP contribution in [0.1, 0.15) is 20.3 Å². The number of benzene rings is 2. The number of anilines is 1. The zero-order valence-electron chi connectivity index (χ0n) is 11.5. The molecule has 0 radical (unpaired) electrons. The Labute approximate surface area is 121 Å². The standard InChI is InChI=1S/C16H16N2OS/c1-3-10(2)15(19)18-16-17-14-12-7-5-4-6-11(12)8-9-13(14)20-16/h4-10H,3H2,1-2H3,(H,17,18,19). The van der Waals surface area contributed by atoms with E-state index in [4.69, 9.17) is 0 Å². The molecule has 4 heteroatoms. The molecule has 1 amide bonds. The van der Waals surface area contributed by atoms with Crippen LogP contribution in [-0.2, 0) is 4.79 Å². The molecule has 1 atom stereocenters. The van der Waals surface area contributed by atoms with Gasteiger partial charge in [0.15, 0.2) is 5.13 Å². The highest BCUT2D eigenvalue weighted by atomic mass is 32.1. The zero-order chi connectivity index (χ0) is 14.1. The highest BCUT2D eigenvalue weighted by Gasteiger charge is 2.13. The summed E-state index contributed by atoms with van der Waals surface area (Å²) in [6.07, 6.45) is 0.833. The topological polar surface area (TPSA) is 42.0 Å². The predicted octanol–water partition coefficient (Wildman–Crippen LogP) is 4.43. The number of carbonyl (C=O) groups is 1. The molecule has 20 heavy (non-hydrogen) atoms. The summed E-state index contributed by atoms with van der Waals surface area (Å²) >= 11 is 1.53. The van der Waals surface area contributed by atoms with Crippen molar-refractivity contribution in [3.8, 4) is 0 Å². The van der Waals surface area contributed by atoms with Crippen LogP contribution < -0.4 is 5.32 Å². The number of rotatable bonds is 3. The Kier molecular flexibility index (Phi) is 3.40. The molecular formula is C16H16N2OS. The van der Waals surface area contributed by atoms with Crippen molar-refractivity contribution in [3.63, 3.8) is 0 Å². The SMILES string of the molecule is CCC(C)C(=O)Nc1nc2c(ccc3ccccc32)s1. The summed E-state index contributed by atoms with van der Waals surface area (Å²) in [4.78, 5) is 16.5. The van der Waals surface area contributed by atoms with Crippen LogP contribution in [0, 0.1) is 5.92 Å². The van der Waals surface area contributed by atoms with Gasteiger partial charge in [-0.2, -0.15) is 0 Å². The van der Waals surface area contributed by atoms with Gasteiger partial charge in [-0.15, -0.1) is 0 Å². The van der Waals surface area contributed by atoms with E-state index in [2.05, 4.69) is 34.6 Å². The van der Waals surface area contributed by atoms with Crippen molar-refractivity contribution in [2.45, 2.75) is 20.3 Å². The minimum Gasteiger partial charge on any atom is -0.302 e. The lowest BCUT2D eigenvalue weighted by Crippen LogP contribution is -2.19. The molecule has 0 aliphatic rings. The maximum absolute atomic E-state index is 11.9. The largest absolute Gasteiger partial charge is 0.302 e. The number of hydrogen-bond acceptors (Lipinski definition) is 3. The summed E-state index contributed by atoms with van der Waals surface area (Å²) in [5, 5.41) is 5.90. The zero-order valence-corrected chi connectivity index (χ0v) is 12.3. The number of amides is 1. The van der Waals surface area contributed by atoms with Crippen LogP contribution in [0.3, 0.4) is 0 Å². The Morgan fingerprint density at radius 3 is 2.90 bits per heavy atom. The van der Waals surface area contributed by atoms with Gasteiger partial charge in [0.05, 0.1) is 10.2 Å². The molecular weight excluding hydrogens is 268 g/mol. The van der Waals surface area contributed by atoms with Crippen molar-refractivity contribution < 1.29 is 4.79 Å². The molecule has 102 valence electrons. The first kappa shape index (κ1) is 13.1. The Morgan fingerprint density at radius 1 is 1.30 bits per heavy atom. The fourth-order valence-electron chi connectivity index (χ4n) is 2.13. The van der Waals surface area contributed by atoms with Gasteiger partial charge < -0.3 is 5.32 Å². The van der Waals surface area contributed by atoms with Crippen molar-refractivity contribution in [1.82, 2.24) is 4.98 Å². The number of nitrogens with one attached hydrogen (secondary N) is 1. The normalized spacial score (nSPS) is 12.7. The van der Waals surface area contributed by atoms with Crippen LogP contribution in [0.2, 0.25) is 0 Å². The molecule has 0 fully saturated rings. The van der Waals surface area contributed by atoms with Gasteiger partial charge in [0.25, 0.3) is 0 Å². The van der Waals surface area contributed by atoms with E-state index in [-0.39, 0.29) is 11.8 Å². The summed E-state index contributed by atoms with van der Waals surface area (Å²) < 4.78 is 1.10. The van der Waals surface area contributed by atoms with E-state index in [9.17, 15) is 4.79 Å². The first-order valence-corrected chi connectivity index (χ1v) is 7.60. The summed E-state index contributed by atoms with van der Waals surface area (Å²) in [5.74, 6) is 0.0506. The molecule has 0 saturated heterocycles. The summed E-state index contributed by atoms with van der Waals surface area (Å²) in [5.41, 5.74) is 0.965. The third kappa shape index (κ3) is 2.27. The number of carbonyl (C=O) groups excluding carboxylic acids is 1. The minimum atomic E-state index is 0.0127. The van der Waals surface area contributed by atoms with Crippen LogP contribution in [0.25, 0.3) is 21.0 Å². The van der Waals surface area contributed by atoms with E-state index in [1.54, 1.807) is 0 Å². The molecule has 1 aromatic heterocycles. The second kappa shape index (κ2) is 5.21. The van der Waals surface area contributed by atoms with Crippen LogP contribution in [0.5, 0.6) is 0 Å². The molecule has 3 nitrogen and oxygen atoms in total. The third-order valence-electron chi connectivity index (χ3n) is 3.57. The van der Waals surface area contributed by atoms with Gasteiger partial charge >= 0.3 is 0 Å². The van der Waals surface area contributed by atoms with Crippen molar-refractivity contribution in [3.05, 3.63) is 36.4 Å². The maximum Gasteiger partial charge on any atom is 0.228 e. The highest BCUT2D eigenvalue weighted by molar-refractivity contribution is 7.22. The Morgan fingerprint density at radius 2 is 2.10 bits per heavy atom. The van der Waals surface area contributed by atoms with Gasteiger partial charge in [-0.3, -0.25) is 4.79 Å². The van der Waals surface area contributed by atoms with Gasteiger partial charge in [0.2, 0.25) is 5.91 Å². The van der Waals surface area contributed by atoms with Gasteiger partial charge in [-0.1, -0.05) is 55.5 Å². The second-order valence-electron chi connectivity index (χ2n) is 4.95. The molecule has 2 aromatic carbocycles. The predicted molar refractivity (Wildman–Crippen MR) is 85.2 cm³/mol. The molecule has 3 rings (SSSR count). The van der Waals surface area contributed by atoms with Crippen molar-refractivity contribution >= 4 is 43.4 Å². The maximum atomic E-state index is 11.9. The average Bonchev–Trinajstić information content (AvgIpc) is 2.89. The van der Waals surface area contributed by atoms with Crippen molar-refractivity contribution in [2.75, 3.05) is 5.32 Å². The Balaban J connectivity index is 2.02. The van der Waals surface area contributed by atoms with Crippen LogP contribution in [-0.4, -0.2) is 10.9 Å². The Bertz CT molecular complexity index is 778. The smallest absolute Gasteiger partial charge is 0.228 e. The molecule has 1 N–H and O–H groups in total. The fraction of sp³-hybridized carbons (Fsp3) is 0.250. The van der Waals surface area contributed by atoms with Crippen LogP contribution in [0.15, 0.2) is 36.4 Å². The van der Waals surface area contributed by atoms with Crippen LogP contribution in [0.4, 0.5) is 5.13 Å². The first-order valence-electron chi connectivity index (χ1n) is 6.78. The summed E-state index contributed by atoms with van der Waals surface area (Å²) in [6, 6.07) is 12.3. The lowest BCUT2D eigenvalue weighted by Gasteiger charge is -2.06. The van der Waals surface area contributed by atoms with E-state index in [0.29, 0.717) is 5.13 Å². The lowest BCUT2D eigenvalue weighted by atomic mass is 10.1. The van der Waals surface area contributed by atoms with Crippen molar-refractivity contribution in [2.24, 2.45) is 5.92 Å². The number of nitrogens with zero attached hydrogens (tertiary/aromatic N) is 1. The molecule has 3 aromatic rings.